The van der Waals surface area contributed by atoms with Crippen LogP contribution in [0.5, 0.6) is 5.75 Å². The molecule has 5 rings (SSSR count). The first-order chi connectivity index (χ1) is 18.4. The molecule has 2 heterocycles. The first-order valence-electron chi connectivity index (χ1n) is 12.4. The monoisotopic (exact) mass is 552 g/mol. The Morgan fingerprint density at radius 3 is 2.50 bits per heavy atom. The van der Waals surface area contributed by atoms with Gasteiger partial charge in [0.1, 0.15) is 17.0 Å². The van der Waals surface area contributed by atoms with Gasteiger partial charge in [-0.1, -0.05) is 35.9 Å². The van der Waals surface area contributed by atoms with Crippen molar-refractivity contribution in [3.63, 3.8) is 0 Å². The number of carbonyl (C=O) groups excluding carboxylic acids is 1. The summed E-state index contributed by atoms with van der Waals surface area (Å²) < 4.78 is 38.5. The second-order valence-electron chi connectivity index (χ2n) is 9.09. The minimum atomic E-state index is -2.51. The number of anilines is 1. The third kappa shape index (κ3) is 5.41. The fraction of sp³-hybridized carbons (Fsp3) is 0.286. The number of hydrogen-bond donors (Lipinski definition) is 0. The summed E-state index contributed by atoms with van der Waals surface area (Å²) in [7, 11) is 1.61. The van der Waals surface area contributed by atoms with Gasteiger partial charge < -0.3 is 18.3 Å². The second-order valence-corrected chi connectivity index (χ2v) is 10.4. The molecule has 0 aliphatic heterocycles. The van der Waals surface area contributed by atoms with Crippen LogP contribution in [-0.4, -0.2) is 44.6 Å². The molecule has 1 unspecified atom stereocenters. The van der Waals surface area contributed by atoms with Crippen LogP contribution in [-0.2, 0) is 22.4 Å². The molecule has 2 aromatic heterocycles. The number of aromatic nitrogens is 2. The van der Waals surface area contributed by atoms with Crippen molar-refractivity contribution in [3.8, 4) is 17.0 Å². The number of carbonyl (C=O) groups is 1. The maximum Gasteiger partial charge on any atom is 0.342 e. The molecule has 0 N–H and O–H groups in total. The van der Waals surface area contributed by atoms with Crippen LogP contribution in [0.25, 0.3) is 16.8 Å². The molecule has 0 radical (unpaired) electrons. The molecule has 0 saturated heterocycles. The number of ether oxygens (including phenoxy) is 2. The maximum atomic E-state index is 13.1. The van der Waals surface area contributed by atoms with Crippen LogP contribution in [0.3, 0.4) is 0 Å². The fourth-order valence-corrected chi connectivity index (χ4v) is 5.22. The molecular formula is C28H27ClN3O5S-. The summed E-state index contributed by atoms with van der Waals surface area (Å²) in [6, 6.07) is 16.5. The molecule has 1 saturated carbocycles. The van der Waals surface area contributed by atoms with Gasteiger partial charge in [-0.05, 0) is 73.6 Å². The highest BCUT2D eigenvalue weighted by Gasteiger charge is 2.31. The second kappa shape index (κ2) is 11.1. The van der Waals surface area contributed by atoms with Gasteiger partial charge >= 0.3 is 5.97 Å². The highest BCUT2D eigenvalue weighted by atomic mass is 35.5. The molecule has 4 aromatic rings. The van der Waals surface area contributed by atoms with Crippen LogP contribution in [0.15, 0.2) is 60.8 Å². The van der Waals surface area contributed by atoms with Crippen LogP contribution in [0.4, 0.5) is 5.69 Å². The van der Waals surface area contributed by atoms with Crippen LogP contribution in [0.2, 0.25) is 5.02 Å². The first kappa shape index (κ1) is 26.2. The van der Waals surface area contributed by atoms with E-state index in [0.29, 0.717) is 39.5 Å². The van der Waals surface area contributed by atoms with E-state index >= 15 is 0 Å². The lowest BCUT2D eigenvalue weighted by atomic mass is 10.0. The SMILES string of the molecule is CCOC(=O)c1c(-c2ccc(Cl)cc2)nn2cc(N(CCc3ccc(OC)cc3)S(=O)[O-])c(C3CC3)cc12. The van der Waals surface area contributed by atoms with Gasteiger partial charge in [0.25, 0.3) is 0 Å². The zero-order valence-corrected chi connectivity index (χ0v) is 22.6. The van der Waals surface area contributed by atoms with E-state index in [1.165, 1.54) is 4.31 Å². The number of benzene rings is 2. The summed E-state index contributed by atoms with van der Waals surface area (Å²) in [5.74, 6) is 0.476. The molecule has 0 bridgehead atoms. The highest BCUT2D eigenvalue weighted by Crippen LogP contribution is 2.46. The van der Waals surface area contributed by atoms with E-state index < -0.39 is 17.2 Å². The molecule has 0 spiro atoms. The third-order valence-corrected chi connectivity index (χ3v) is 7.60. The number of methoxy groups -OCH3 is 1. The van der Waals surface area contributed by atoms with Crippen molar-refractivity contribution in [2.24, 2.45) is 0 Å². The molecule has 1 aliphatic carbocycles. The molecule has 1 atom stereocenters. The van der Waals surface area contributed by atoms with E-state index in [1.807, 2.05) is 30.3 Å². The highest BCUT2D eigenvalue weighted by molar-refractivity contribution is 7.80. The molecular weight excluding hydrogens is 526 g/mol. The number of fused-ring (bicyclic) bond motifs is 1. The topological polar surface area (TPSA) is 96.2 Å². The van der Waals surface area contributed by atoms with Gasteiger partial charge in [0.05, 0.1) is 31.1 Å². The van der Waals surface area contributed by atoms with E-state index in [-0.39, 0.29) is 19.1 Å². The zero-order chi connectivity index (χ0) is 26.8. The first-order valence-corrected chi connectivity index (χ1v) is 13.8. The average Bonchev–Trinajstić information content (AvgIpc) is 3.69. The third-order valence-electron chi connectivity index (χ3n) is 6.61. The van der Waals surface area contributed by atoms with Gasteiger partial charge in [0.15, 0.2) is 0 Å². The summed E-state index contributed by atoms with van der Waals surface area (Å²) in [4.78, 5) is 13.1. The lowest BCUT2D eigenvalue weighted by Gasteiger charge is -2.28. The number of hydrogen-bond acceptors (Lipinski definition) is 6. The van der Waals surface area contributed by atoms with Crippen molar-refractivity contribution in [2.75, 3.05) is 24.6 Å². The van der Waals surface area contributed by atoms with Crippen molar-refractivity contribution >= 4 is 40.0 Å². The van der Waals surface area contributed by atoms with Crippen LogP contribution >= 0.6 is 11.6 Å². The van der Waals surface area contributed by atoms with Gasteiger partial charge in [0.2, 0.25) is 0 Å². The Labute approximate surface area is 228 Å². The molecule has 1 fully saturated rings. The Bertz CT molecular complexity index is 1480. The number of pyridine rings is 1. The largest absolute Gasteiger partial charge is 0.755 e. The number of esters is 1. The van der Waals surface area contributed by atoms with Crippen molar-refractivity contribution in [1.82, 2.24) is 9.61 Å². The van der Waals surface area contributed by atoms with Crippen molar-refractivity contribution < 1.29 is 23.0 Å². The molecule has 1 aliphatic rings. The quantitative estimate of drug-likeness (QED) is 0.189. The Kier molecular flexibility index (Phi) is 7.69. The predicted molar refractivity (Wildman–Crippen MR) is 147 cm³/mol. The molecule has 10 heteroatoms. The zero-order valence-electron chi connectivity index (χ0n) is 21.1. The summed E-state index contributed by atoms with van der Waals surface area (Å²) in [5, 5.41) is 5.28. The van der Waals surface area contributed by atoms with Crippen LogP contribution in [0, 0.1) is 0 Å². The maximum absolute atomic E-state index is 13.1. The van der Waals surface area contributed by atoms with Gasteiger partial charge in [-0.15, -0.1) is 0 Å². The smallest absolute Gasteiger partial charge is 0.342 e. The molecule has 38 heavy (non-hydrogen) atoms. The van der Waals surface area contributed by atoms with E-state index in [4.69, 9.17) is 26.2 Å². The van der Waals surface area contributed by atoms with Crippen LogP contribution < -0.4 is 9.04 Å². The van der Waals surface area contributed by atoms with Gasteiger partial charge in [0, 0.05) is 28.4 Å². The molecule has 8 nitrogen and oxygen atoms in total. The average molecular weight is 553 g/mol. The van der Waals surface area contributed by atoms with Crippen molar-refractivity contribution in [3.05, 3.63) is 82.5 Å². The van der Waals surface area contributed by atoms with E-state index in [9.17, 15) is 13.6 Å². The van der Waals surface area contributed by atoms with Gasteiger partial charge in [-0.2, -0.15) is 5.10 Å². The minimum Gasteiger partial charge on any atom is -0.755 e. The van der Waals surface area contributed by atoms with Crippen LogP contribution in [0.1, 0.15) is 47.2 Å². The normalized spacial score (nSPS) is 13.9. The summed E-state index contributed by atoms with van der Waals surface area (Å²) in [6.07, 6.45) is 4.13. The Morgan fingerprint density at radius 1 is 1.18 bits per heavy atom. The lowest BCUT2D eigenvalue weighted by Crippen LogP contribution is -2.29. The molecule has 198 valence electrons. The lowest BCUT2D eigenvalue weighted by molar-refractivity contribution is 0.0529. The summed E-state index contributed by atoms with van der Waals surface area (Å²) in [5.41, 5.74) is 4.50. The van der Waals surface area contributed by atoms with Gasteiger partial charge in [-0.3, -0.25) is 4.21 Å². The molecule has 2 aromatic carbocycles. The van der Waals surface area contributed by atoms with E-state index in [1.54, 1.807) is 49.0 Å². The van der Waals surface area contributed by atoms with E-state index in [2.05, 4.69) is 0 Å². The Hall–Kier alpha value is -3.40. The minimum absolute atomic E-state index is 0.214. The number of nitrogens with zero attached hydrogens (tertiary/aromatic N) is 3. The van der Waals surface area contributed by atoms with E-state index in [0.717, 1.165) is 29.7 Å². The standard InChI is InChI=1S/C28H28ClN3O5S/c1-3-37-28(33)26-24-16-23(19-6-7-19)25(17-31(24)30-27(26)20-8-10-21(29)11-9-20)32(38(34)35)15-14-18-4-12-22(36-2)13-5-18/h4-5,8-13,16-17,19H,3,6-7,14-15H2,1-2H3,(H,34,35)/p-1. The van der Waals surface area contributed by atoms with Gasteiger partial charge in [-0.25, -0.2) is 9.31 Å². The number of halogens is 1. The summed E-state index contributed by atoms with van der Waals surface area (Å²) >= 11 is 3.57. The Balaban J connectivity index is 1.59. The van der Waals surface area contributed by atoms with Crippen molar-refractivity contribution in [1.29, 1.82) is 0 Å². The predicted octanol–water partition coefficient (Wildman–Crippen LogP) is 5.56. The summed E-state index contributed by atoms with van der Waals surface area (Å²) in [6.45, 7) is 2.23. The Morgan fingerprint density at radius 2 is 1.89 bits per heavy atom. The number of rotatable bonds is 10. The van der Waals surface area contributed by atoms with Crippen molar-refractivity contribution in [2.45, 2.75) is 32.1 Å². The fourth-order valence-electron chi connectivity index (χ4n) is 4.54. The molecule has 0 amide bonds.